The summed E-state index contributed by atoms with van der Waals surface area (Å²) in [5, 5.41) is 7.90. The van der Waals surface area contributed by atoms with E-state index in [1.807, 2.05) is 18.2 Å². The van der Waals surface area contributed by atoms with Gasteiger partial charge in [0.15, 0.2) is 0 Å². The summed E-state index contributed by atoms with van der Waals surface area (Å²) in [5.41, 5.74) is 3.73. The van der Waals surface area contributed by atoms with Crippen LogP contribution in [0.4, 0.5) is 4.79 Å². The first-order chi connectivity index (χ1) is 16.9. The van der Waals surface area contributed by atoms with Crippen molar-refractivity contribution in [3.63, 3.8) is 0 Å². The lowest BCUT2D eigenvalue weighted by molar-refractivity contribution is -0.131. The summed E-state index contributed by atoms with van der Waals surface area (Å²) >= 11 is 12.0. The Kier molecular flexibility index (Phi) is 7.13. The normalized spacial score (nSPS) is 17.9. The van der Waals surface area contributed by atoms with E-state index in [1.54, 1.807) is 23.1 Å². The van der Waals surface area contributed by atoms with Crippen molar-refractivity contribution in [3.8, 4) is 5.75 Å². The van der Waals surface area contributed by atoms with Crippen LogP contribution < -0.4 is 4.74 Å². The highest BCUT2D eigenvalue weighted by Gasteiger charge is 2.25. The standard InChI is InChI=1S/C25H26Cl2N4O4/c26-20-11-17(12-21(27)15-20)16-34-25(33)30-8-5-29(6-9-30)7-10-31-4-3-22(28-31)18-1-2-19-14-24(32)35-23(19)13-18/h1-2,11-13,15H,3-10,14,16H2. The average Bonchev–Trinajstić information content (AvgIpc) is 3.46. The summed E-state index contributed by atoms with van der Waals surface area (Å²) < 4.78 is 10.7. The van der Waals surface area contributed by atoms with Crippen molar-refractivity contribution in [2.24, 2.45) is 5.10 Å². The summed E-state index contributed by atoms with van der Waals surface area (Å²) in [6.45, 7) is 5.53. The Morgan fingerprint density at radius 2 is 1.77 bits per heavy atom. The number of fused-ring (bicyclic) bond motifs is 1. The fourth-order valence-electron chi connectivity index (χ4n) is 4.50. The van der Waals surface area contributed by atoms with Gasteiger partial charge in [0.05, 0.1) is 12.1 Å². The average molecular weight is 517 g/mol. The second kappa shape index (κ2) is 10.4. The summed E-state index contributed by atoms with van der Waals surface area (Å²) in [6, 6.07) is 11.0. The number of hydrogen-bond acceptors (Lipinski definition) is 7. The van der Waals surface area contributed by atoms with E-state index in [9.17, 15) is 9.59 Å². The molecule has 8 nitrogen and oxygen atoms in total. The number of hydrogen-bond donors (Lipinski definition) is 0. The minimum absolute atomic E-state index is 0.140. The topological polar surface area (TPSA) is 74.7 Å². The third kappa shape index (κ3) is 5.89. The van der Waals surface area contributed by atoms with Gasteiger partial charge in [-0.25, -0.2) is 4.79 Å². The molecule has 1 saturated heterocycles. The molecular formula is C25H26Cl2N4O4. The maximum atomic E-state index is 12.4. The highest BCUT2D eigenvalue weighted by atomic mass is 35.5. The van der Waals surface area contributed by atoms with Gasteiger partial charge in [-0.2, -0.15) is 5.10 Å². The fourth-order valence-corrected chi connectivity index (χ4v) is 5.07. The van der Waals surface area contributed by atoms with E-state index in [0.717, 1.165) is 61.5 Å². The molecule has 0 saturated carbocycles. The number of halogens is 2. The molecule has 35 heavy (non-hydrogen) atoms. The Balaban J connectivity index is 1.05. The lowest BCUT2D eigenvalue weighted by Crippen LogP contribution is -2.50. The van der Waals surface area contributed by atoms with Crippen molar-refractivity contribution in [2.45, 2.75) is 19.4 Å². The van der Waals surface area contributed by atoms with Crippen LogP contribution in [0.1, 0.15) is 23.1 Å². The molecule has 1 amide bonds. The van der Waals surface area contributed by atoms with Gasteiger partial charge in [-0.05, 0) is 29.8 Å². The molecule has 0 N–H and O–H groups in total. The molecule has 10 heteroatoms. The molecule has 2 aromatic rings. The van der Waals surface area contributed by atoms with Crippen LogP contribution in [-0.2, 0) is 22.6 Å². The van der Waals surface area contributed by atoms with Gasteiger partial charge >= 0.3 is 12.1 Å². The number of carbonyl (C=O) groups is 2. The molecule has 0 spiro atoms. The highest BCUT2D eigenvalue weighted by molar-refractivity contribution is 6.34. The molecule has 0 bridgehead atoms. The number of esters is 1. The second-order valence-electron chi connectivity index (χ2n) is 8.88. The molecule has 0 radical (unpaired) electrons. The van der Waals surface area contributed by atoms with Crippen LogP contribution in [0.15, 0.2) is 41.5 Å². The lowest BCUT2D eigenvalue weighted by atomic mass is 10.0. The largest absolute Gasteiger partial charge is 0.445 e. The van der Waals surface area contributed by atoms with Crippen LogP contribution in [0.25, 0.3) is 0 Å². The van der Waals surface area contributed by atoms with E-state index in [4.69, 9.17) is 37.8 Å². The molecule has 3 aliphatic rings. The van der Waals surface area contributed by atoms with E-state index in [0.29, 0.717) is 35.3 Å². The lowest BCUT2D eigenvalue weighted by Gasteiger charge is -2.34. The van der Waals surface area contributed by atoms with Gasteiger partial charge < -0.3 is 14.4 Å². The molecule has 2 aromatic carbocycles. The second-order valence-corrected chi connectivity index (χ2v) is 9.76. The maximum Gasteiger partial charge on any atom is 0.410 e. The molecule has 184 valence electrons. The number of hydrazone groups is 1. The predicted octanol–water partition coefficient (Wildman–Crippen LogP) is 3.82. The predicted molar refractivity (Wildman–Crippen MR) is 133 cm³/mol. The van der Waals surface area contributed by atoms with Gasteiger partial charge in [-0.15, -0.1) is 0 Å². The summed E-state index contributed by atoms with van der Waals surface area (Å²) in [5.74, 6) is 0.452. The fraction of sp³-hybridized carbons (Fsp3) is 0.400. The number of nitrogens with zero attached hydrogens (tertiary/aromatic N) is 4. The monoisotopic (exact) mass is 516 g/mol. The van der Waals surface area contributed by atoms with Crippen molar-refractivity contribution in [1.29, 1.82) is 0 Å². The molecule has 5 rings (SSSR count). The van der Waals surface area contributed by atoms with E-state index in [1.165, 1.54) is 0 Å². The van der Waals surface area contributed by atoms with E-state index < -0.39 is 0 Å². The first-order valence-electron chi connectivity index (χ1n) is 11.7. The molecule has 0 aliphatic carbocycles. The van der Waals surface area contributed by atoms with Crippen molar-refractivity contribution in [3.05, 3.63) is 63.1 Å². The Labute approximate surface area is 214 Å². The summed E-state index contributed by atoms with van der Waals surface area (Å²) in [6.07, 6.45) is 0.884. The zero-order chi connectivity index (χ0) is 24.4. The molecule has 3 heterocycles. The van der Waals surface area contributed by atoms with Gasteiger partial charge in [-0.3, -0.25) is 14.7 Å². The quantitative estimate of drug-likeness (QED) is 0.429. The van der Waals surface area contributed by atoms with Crippen LogP contribution >= 0.6 is 23.2 Å². The van der Waals surface area contributed by atoms with E-state index >= 15 is 0 Å². The molecule has 1 fully saturated rings. The Morgan fingerprint density at radius 1 is 1.00 bits per heavy atom. The summed E-state index contributed by atoms with van der Waals surface area (Å²) in [7, 11) is 0. The van der Waals surface area contributed by atoms with Crippen molar-refractivity contribution < 1.29 is 19.1 Å². The third-order valence-corrected chi connectivity index (χ3v) is 6.85. The van der Waals surface area contributed by atoms with Crippen LogP contribution in [0, 0.1) is 0 Å². The number of benzene rings is 2. The highest BCUT2D eigenvalue weighted by Crippen LogP contribution is 2.28. The number of amides is 1. The molecular weight excluding hydrogens is 491 g/mol. The third-order valence-electron chi connectivity index (χ3n) is 6.42. The molecule has 0 unspecified atom stereocenters. The van der Waals surface area contributed by atoms with Crippen LogP contribution in [-0.4, -0.2) is 78.4 Å². The van der Waals surface area contributed by atoms with Crippen molar-refractivity contribution in [2.75, 3.05) is 45.8 Å². The van der Waals surface area contributed by atoms with Crippen LogP contribution in [0.2, 0.25) is 10.0 Å². The Bertz CT molecular complexity index is 1140. The first kappa shape index (κ1) is 23.9. The van der Waals surface area contributed by atoms with Crippen molar-refractivity contribution in [1.82, 2.24) is 14.8 Å². The minimum Gasteiger partial charge on any atom is -0.445 e. The minimum atomic E-state index is -0.324. The first-order valence-corrected chi connectivity index (χ1v) is 12.4. The smallest absolute Gasteiger partial charge is 0.410 e. The molecule has 0 aromatic heterocycles. The van der Waals surface area contributed by atoms with Gasteiger partial charge in [0.2, 0.25) is 0 Å². The Hall–Kier alpha value is -2.81. The van der Waals surface area contributed by atoms with Crippen LogP contribution in [0.5, 0.6) is 5.75 Å². The number of rotatable bonds is 6. The molecule has 0 atom stereocenters. The summed E-state index contributed by atoms with van der Waals surface area (Å²) in [4.78, 5) is 28.0. The van der Waals surface area contributed by atoms with Gasteiger partial charge in [-0.1, -0.05) is 35.3 Å². The zero-order valence-corrected chi connectivity index (χ0v) is 20.7. The number of carbonyl (C=O) groups excluding carboxylic acids is 2. The van der Waals surface area contributed by atoms with Gasteiger partial charge in [0.25, 0.3) is 0 Å². The van der Waals surface area contributed by atoms with E-state index in [2.05, 4.69) is 9.91 Å². The zero-order valence-electron chi connectivity index (χ0n) is 19.2. The maximum absolute atomic E-state index is 12.4. The number of ether oxygens (including phenoxy) is 2. The Morgan fingerprint density at radius 3 is 2.54 bits per heavy atom. The van der Waals surface area contributed by atoms with Crippen LogP contribution in [0.3, 0.4) is 0 Å². The van der Waals surface area contributed by atoms with Crippen molar-refractivity contribution >= 4 is 41.0 Å². The van der Waals surface area contributed by atoms with E-state index in [-0.39, 0.29) is 18.7 Å². The van der Waals surface area contributed by atoms with Gasteiger partial charge in [0, 0.05) is 73.4 Å². The SMILES string of the molecule is O=C1Cc2ccc(C3=NN(CCN4CCN(C(=O)OCc5cc(Cl)cc(Cl)c5)CC4)CC3)cc2O1. The van der Waals surface area contributed by atoms with Gasteiger partial charge in [0.1, 0.15) is 12.4 Å². The molecule has 3 aliphatic heterocycles. The number of piperazine rings is 1.